The molecular weight excluding hydrogens is 264 g/mol. The Balaban J connectivity index is 1.83. The number of carbonyl (C=O) groups is 4. The van der Waals surface area contributed by atoms with Crippen molar-refractivity contribution in [3.63, 3.8) is 0 Å². The standard InChI is InChI=1S/C10H8O9/c11-7-5(3-1-15-9(13)17-3)6(8(12)19-7)4-2-16-10(14)18-4/h3-6H,1-2H2. The minimum Gasteiger partial charge on any atom is -0.430 e. The van der Waals surface area contributed by atoms with Gasteiger partial charge in [-0.25, -0.2) is 9.59 Å². The maximum Gasteiger partial charge on any atom is 0.508 e. The maximum absolute atomic E-state index is 11.7. The molecule has 0 aromatic rings. The van der Waals surface area contributed by atoms with Gasteiger partial charge in [0.15, 0.2) is 12.2 Å². The molecule has 9 heteroatoms. The van der Waals surface area contributed by atoms with Gasteiger partial charge in [-0.05, 0) is 0 Å². The van der Waals surface area contributed by atoms with Crippen LogP contribution < -0.4 is 0 Å². The molecule has 0 bridgehead atoms. The van der Waals surface area contributed by atoms with Crippen LogP contribution in [-0.4, -0.2) is 49.7 Å². The van der Waals surface area contributed by atoms with Crippen LogP contribution in [0.3, 0.4) is 0 Å². The van der Waals surface area contributed by atoms with Gasteiger partial charge in [-0.2, -0.15) is 0 Å². The van der Waals surface area contributed by atoms with Crippen LogP contribution >= 0.6 is 0 Å². The highest BCUT2D eigenvalue weighted by Gasteiger charge is 2.57. The van der Waals surface area contributed by atoms with E-state index in [0.29, 0.717) is 0 Å². The van der Waals surface area contributed by atoms with Crippen LogP contribution in [0.4, 0.5) is 9.59 Å². The molecule has 4 unspecified atom stereocenters. The Morgan fingerprint density at radius 3 is 1.47 bits per heavy atom. The van der Waals surface area contributed by atoms with E-state index < -0.39 is 48.3 Å². The summed E-state index contributed by atoms with van der Waals surface area (Å²) >= 11 is 0. The van der Waals surface area contributed by atoms with Crippen molar-refractivity contribution in [1.82, 2.24) is 0 Å². The molecule has 3 saturated heterocycles. The molecule has 0 amide bonds. The fraction of sp³-hybridized carbons (Fsp3) is 0.600. The molecule has 0 spiro atoms. The normalized spacial score (nSPS) is 37.5. The topological polar surface area (TPSA) is 114 Å². The lowest BCUT2D eigenvalue weighted by Crippen LogP contribution is -2.39. The van der Waals surface area contributed by atoms with E-state index >= 15 is 0 Å². The van der Waals surface area contributed by atoms with E-state index in [2.05, 4.69) is 14.2 Å². The van der Waals surface area contributed by atoms with E-state index in [0.717, 1.165) is 0 Å². The third-order valence-corrected chi connectivity index (χ3v) is 3.16. The van der Waals surface area contributed by atoms with Gasteiger partial charge in [0.05, 0.1) is 0 Å². The quantitative estimate of drug-likeness (QED) is 0.368. The molecule has 0 aromatic carbocycles. The first-order chi connectivity index (χ1) is 9.06. The smallest absolute Gasteiger partial charge is 0.430 e. The molecule has 0 radical (unpaired) electrons. The summed E-state index contributed by atoms with van der Waals surface area (Å²) in [6, 6.07) is 0. The number of rotatable bonds is 2. The van der Waals surface area contributed by atoms with E-state index in [9.17, 15) is 19.2 Å². The molecule has 0 N–H and O–H groups in total. The molecule has 3 aliphatic heterocycles. The van der Waals surface area contributed by atoms with E-state index in [1.165, 1.54) is 0 Å². The highest BCUT2D eigenvalue weighted by Crippen LogP contribution is 2.35. The molecular formula is C10H8O9. The van der Waals surface area contributed by atoms with Gasteiger partial charge in [-0.15, -0.1) is 0 Å². The Hall–Kier alpha value is -2.32. The number of hydrogen-bond acceptors (Lipinski definition) is 9. The molecule has 3 fully saturated rings. The van der Waals surface area contributed by atoms with Crippen molar-refractivity contribution in [2.24, 2.45) is 11.8 Å². The lowest BCUT2D eigenvalue weighted by molar-refractivity contribution is -0.154. The van der Waals surface area contributed by atoms with Crippen molar-refractivity contribution in [3.8, 4) is 0 Å². The lowest BCUT2D eigenvalue weighted by atomic mass is 9.86. The van der Waals surface area contributed by atoms with Gasteiger partial charge < -0.3 is 23.7 Å². The fourth-order valence-corrected chi connectivity index (χ4v) is 2.33. The van der Waals surface area contributed by atoms with Crippen molar-refractivity contribution in [2.75, 3.05) is 13.2 Å². The number of hydrogen-bond donors (Lipinski definition) is 0. The van der Waals surface area contributed by atoms with Crippen LogP contribution in [0.2, 0.25) is 0 Å². The van der Waals surface area contributed by atoms with Gasteiger partial charge in [0.25, 0.3) is 0 Å². The molecule has 19 heavy (non-hydrogen) atoms. The Labute approximate surface area is 105 Å². The highest BCUT2D eigenvalue weighted by molar-refractivity contribution is 5.97. The molecule has 3 heterocycles. The van der Waals surface area contributed by atoms with Crippen LogP contribution in [0, 0.1) is 11.8 Å². The molecule has 0 aliphatic carbocycles. The number of carbonyl (C=O) groups excluding carboxylic acids is 4. The molecule has 3 rings (SSSR count). The zero-order valence-electron chi connectivity index (χ0n) is 9.40. The average Bonchev–Trinajstić information content (AvgIpc) is 2.99. The predicted octanol–water partition coefficient (Wildman–Crippen LogP) is -0.627. The molecule has 0 saturated carbocycles. The highest BCUT2D eigenvalue weighted by atomic mass is 16.8. The summed E-state index contributed by atoms with van der Waals surface area (Å²) in [6.45, 7) is -0.326. The Bertz CT molecular complexity index is 428. The minimum absolute atomic E-state index is 0.163. The maximum atomic E-state index is 11.7. The second kappa shape index (κ2) is 4.11. The predicted molar refractivity (Wildman–Crippen MR) is 50.5 cm³/mol. The summed E-state index contributed by atoms with van der Waals surface area (Å²) in [6.07, 6.45) is -3.71. The molecule has 102 valence electrons. The summed E-state index contributed by atoms with van der Waals surface area (Å²) in [7, 11) is 0. The Kier molecular flexibility index (Phi) is 2.54. The van der Waals surface area contributed by atoms with Crippen molar-refractivity contribution < 1.29 is 42.9 Å². The average molecular weight is 272 g/mol. The van der Waals surface area contributed by atoms with Crippen molar-refractivity contribution in [3.05, 3.63) is 0 Å². The zero-order valence-corrected chi connectivity index (χ0v) is 9.40. The van der Waals surface area contributed by atoms with Crippen molar-refractivity contribution in [2.45, 2.75) is 12.2 Å². The lowest BCUT2D eigenvalue weighted by Gasteiger charge is -2.19. The minimum atomic E-state index is -1.06. The Morgan fingerprint density at radius 2 is 1.16 bits per heavy atom. The van der Waals surface area contributed by atoms with Gasteiger partial charge in [0, 0.05) is 0 Å². The Morgan fingerprint density at radius 1 is 0.737 bits per heavy atom. The van der Waals surface area contributed by atoms with Crippen LogP contribution in [0.1, 0.15) is 0 Å². The zero-order chi connectivity index (χ0) is 13.6. The first-order valence-corrected chi connectivity index (χ1v) is 5.48. The molecule has 4 atom stereocenters. The van der Waals surface area contributed by atoms with Gasteiger partial charge in [0.1, 0.15) is 25.0 Å². The largest absolute Gasteiger partial charge is 0.508 e. The van der Waals surface area contributed by atoms with Crippen LogP contribution in [0.15, 0.2) is 0 Å². The second-order valence-electron chi connectivity index (χ2n) is 4.23. The van der Waals surface area contributed by atoms with E-state index in [4.69, 9.17) is 9.47 Å². The molecule has 0 aromatic heterocycles. The SMILES string of the molecule is O=C1OCC(C2C(=O)OC(=O)C2C2COC(=O)O2)O1. The summed E-state index contributed by atoms with van der Waals surface area (Å²) in [5.41, 5.74) is 0. The monoisotopic (exact) mass is 272 g/mol. The summed E-state index contributed by atoms with van der Waals surface area (Å²) in [5, 5.41) is 0. The molecule has 9 nitrogen and oxygen atoms in total. The number of cyclic esters (lactones) is 6. The third kappa shape index (κ3) is 1.86. The van der Waals surface area contributed by atoms with E-state index in [1.54, 1.807) is 0 Å². The first kappa shape index (κ1) is 11.8. The van der Waals surface area contributed by atoms with Crippen molar-refractivity contribution >= 4 is 24.2 Å². The van der Waals surface area contributed by atoms with Gasteiger partial charge >= 0.3 is 24.2 Å². The van der Waals surface area contributed by atoms with Gasteiger partial charge in [0.2, 0.25) is 0 Å². The van der Waals surface area contributed by atoms with Gasteiger partial charge in [-0.3, -0.25) is 9.59 Å². The first-order valence-electron chi connectivity index (χ1n) is 5.48. The van der Waals surface area contributed by atoms with E-state index in [-0.39, 0.29) is 13.2 Å². The van der Waals surface area contributed by atoms with Gasteiger partial charge in [-0.1, -0.05) is 0 Å². The summed E-state index contributed by atoms with van der Waals surface area (Å²) in [4.78, 5) is 45.1. The second-order valence-corrected chi connectivity index (χ2v) is 4.23. The van der Waals surface area contributed by atoms with Crippen LogP contribution in [-0.2, 0) is 33.3 Å². The van der Waals surface area contributed by atoms with Crippen LogP contribution in [0.5, 0.6) is 0 Å². The summed E-state index contributed by atoms with van der Waals surface area (Å²) < 4.78 is 23.2. The molecule has 3 aliphatic rings. The van der Waals surface area contributed by atoms with E-state index in [1.807, 2.05) is 0 Å². The fourth-order valence-electron chi connectivity index (χ4n) is 2.33. The van der Waals surface area contributed by atoms with Crippen LogP contribution in [0.25, 0.3) is 0 Å². The van der Waals surface area contributed by atoms with Crippen molar-refractivity contribution in [1.29, 1.82) is 0 Å². The summed E-state index contributed by atoms with van der Waals surface area (Å²) in [5.74, 6) is -3.78. The third-order valence-electron chi connectivity index (χ3n) is 3.16. The number of esters is 2. The number of ether oxygens (including phenoxy) is 5.